The molecule has 28 heavy (non-hydrogen) atoms. The molecule has 0 atom stereocenters. The van der Waals surface area contributed by atoms with Crippen LogP contribution >= 0.6 is 0 Å². The predicted molar refractivity (Wildman–Crippen MR) is 110 cm³/mol. The molecule has 152 valence electrons. The fourth-order valence-electron chi connectivity index (χ4n) is 7.05. The number of phenolic OH excluding ortho intramolecular Hbond substituents is 1. The lowest BCUT2D eigenvalue weighted by molar-refractivity contribution is -0.159. The van der Waals surface area contributed by atoms with Crippen LogP contribution < -0.4 is 0 Å². The van der Waals surface area contributed by atoms with Crippen LogP contribution in [0.2, 0.25) is 0 Å². The minimum absolute atomic E-state index is 0.0107. The number of hydrogen-bond donors (Lipinski definition) is 1. The average molecular weight is 383 g/mol. The summed E-state index contributed by atoms with van der Waals surface area (Å²) in [5.74, 6) is 3.34. The molecule has 1 heterocycles. The first kappa shape index (κ1) is 18.5. The summed E-state index contributed by atoms with van der Waals surface area (Å²) < 4.78 is 0. The number of benzene rings is 1. The second kappa shape index (κ2) is 6.76. The first-order valence-corrected chi connectivity index (χ1v) is 11.2. The molecule has 0 radical (unpaired) electrons. The molecule has 4 nitrogen and oxygen atoms in total. The van der Waals surface area contributed by atoms with Crippen molar-refractivity contribution in [3.8, 4) is 5.75 Å². The van der Waals surface area contributed by atoms with Crippen LogP contribution in [0.3, 0.4) is 0 Å². The van der Waals surface area contributed by atoms with E-state index in [1.54, 1.807) is 0 Å². The first-order chi connectivity index (χ1) is 13.4. The Kier molecular flexibility index (Phi) is 4.46. The van der Waals surface area contributed by atoms with Crippen LogP contribution in [-0.4, -0.2) is 47.0 Å². The molecule has 4 bridgehead atoms. The largest absolute Gasteiger partial charge is 0.508 e. The standard InChI is InChI=1S/C24H34N2O2/c1-16-7-21(22(27)8-17(16)2)15-25-3-5-26(6-4-25)23(28)24-12-18-9-19(13-24)11-20(10-18)14-24/h7-8,18-20,27H,3-6,9-15H2,1-2H3. The van der Waals surface area contributed by atoms with E-state index in [2.05, 4.69) is 22.8 Å². The number of hydrogen-bond acceptors (Lipinski definition) is 3. The van der Waals surface area contributed by atoms with Crippen LogP contribution in [0.5, 0.6) is 5.75 Å². The summed E-state index contributed by atoms with van der Waals surface area (Å²) in [6, 6.07) is 3.98. The lowest BCUT2D eigenvalue weighted by Gasteiger charge is -2.57. The summed E-state index contributed by atoms with van der Waals surface area (Å²) >= 11 is 0. The minimum atomic E-state index is -0.0107. The number of aryl methyl sites for hydroxylation is 2. The van der Waals surface area contributed by atoms with Crippen LogP contribution in [0.15, 0.2) is 12.1 Å². The SMILES string of the molecule is Cc1cc(O)c(CN2CCN(C(=O)C34CC5CC(CC(C5)C3)C4)CC2)cc1C. The Morgan fingerprint density at radius 3 is 2.07 bits per heavy atom. The van der Waals surface area contributed by atoms with Gasteiger partial charge in [0.1, 0.15) is 5.75 Å². The van der Waals surface area contributed by atoms with Crippen molar-refractivity contribution in [3.63, 3.8) is 0 Å². The van der Waals surface area contributed by atoms with Crippen molar-refractivity contribution in [1.82, 2.24) is 9.80 Å². The Labute approximate surface area is 168 Å². The smallest absolute Gasteiger partial charge is 0.228 e. The molecule has 1 N–H and O–H groups in total. The van der Waals surface area contributed by atoms with E-state index in [0.29, 0.717) is 11.7 Å². The van der Waals surface area contributed by atoms with Crippen molar-refractivity contribution in [3.05, 3.63) is 28.8 Å². The molecule has 6 rings (SSSR count). The zero-order valence-corrected chi connectivity index (χ0v) is 17.4. The van der Waals surface area contributed by atoms with E-state index in [1.807, 2.05) is 13.0 Å². The number of carbonyl (C=O) groups excluding carboxylic acids is 1. The van der Waals surface area contributed by atoms with Crippen molar-refractivity contribution >= 4 is 5.91 Å². The van der Waals surface area contributed by atoms with E-state index in [-0.39, 0.29) is 5.41 Å². The summed E-state index contributed by atoms with van der Waals surface area (Å²) in [6.07, 6.45) is 7.65. The summed E-state index contributed by atoms with van der Waals surface area (Å²) in [5, 5.41) is 10.3. The van der Waals surface area contributed by atoms with Gasteiger partial charge in [0.05, 0.1) is 5.41 Å². The van der Waals surface area contributed by atoms with Crippen molar-refractivity contribution in [1.29, 1.82) is 0 Å². The van der Waals surface area contributed by atoms with Gasteiger partial charge in [-0.1, -0.05) is 6.07 Å². The fraction of sp³-hybridized carbons (Fsp3) is 0.708. The van der Waals surface area contributed by atoms with Crippen LogP contribution in [0.4, 0.5) is 0 Å². The van der Waals surface area contributed by atoms with E-state index < -0.39 is 0 Å². The van der Waals surface area contributed by atoms with Gasteiger partial charge in [-0.15, -0.1) is 0 Å². The van der Waals surface area contributed by atoms with Crippen LogP contribution in [0.25, 0.3) is 0 Å². The van der Waals surface area contributed by atoms with Crippen LogP contribution in [0.1, 0.15) is 55.2 Å². The fourth-order valence-corrected chi connectivity index (χ4v) is 7.05. The maximum atomic E-state index is 13.5. The molecule has 4 heteroatoms. The zero-order chi connectivity index (χ0) is 19.5. The lowest BCUT2D eigenvalue weighted by Crippen LogP contribution is -2.58. The van der Waals surface area contributed by atoms with Gasteiger partial charge in [0.2, 0.25) is 5.91 Å². The number of aromatic hydroxyl groups is 1. The van der Waals surface area contributed by atoms with Gasteiger partial charge in [0.25, 0.3) is 0 Å². The van der Waals surface area contributed by atoms with E-state index >= 15 is 0 Å². The first-order valence-electron chi connectivity index (χ1n) is 11.2. The minimum Gasteiger partial charge on any atom is -0.508 e. The van der Waals surface area contributed by atoms with E-state index in [9.17, 15) is 9.90 Å². The lowest BCUT2D eigenvalue weighted by atomic mass is 9.49. The molecule has 1 aromatic rings. The number of nitrogens with zero attached hydrogens (tertiary/aromatic N) is 2. The van der Waals surface area contributed by atoms with Crippen molar-refractivity contribution in [2.75, 3.05) is 26.2 Å². The van der Waals surface area contributed by atoms with Gasteiger partial charge in [-0.3, -0.25) is 9.69 Å². The highest BCUT2D eigenvalue weighted by molar-refractivity contribution is 5.83. The quantitative estimate of drug-likeness (QED) is 0.863. The molecule has 0 unspecified atom stereocenters. The van der Waals surface area contributed by atoms with Crippen molar-refractivity contribution in [2.24, 2.45) is 23.2 Å². The van der Waals surface area contributed by atoms with Crippen molar-refractivity contribution < 1.29 is 9.90 Å². The molecule has 4 saturated carbocycles. The number of phenols is 1. The van der Waals surface area contributed by atoms with Crippen LogP contribution in [0, 0.1) is 37.0 Å². The van der Waals surface area contributed by atoms with Gasteiger partial charge < -0.3 is 10.0 Å². The Bertz CT molecular complexity index is 744. The molecule has 0 spiro atoms. The Morgan fingerprint density at radius 1 is 0.964 bits per heavy atom. The summed E-state index contributed by atoms with van der Waals surface area (Å²) in [7, 11) is 0. The summed E-state index contributed by atoms with van der Waals surface area (Å²) in [5.41, 5.74) is 3.35. The van der Waals surface area contributed by atoms with Gasteiger partial charge in [-0.05, 0) is 87.3 Å². The number of amides is 1. The second-order valence-corrected chi connectivity index (χ2v) is 10.3. The van der Waals surface area contributed by atoms with E-state index in [0.717, 1.165) is 80.9 Å². The number of rotatable bonds is 3. The van der Waals surface area contributed by atoms with Gasteiger partial charge in [-0.2, -0.15) is 0 Å². The molecule has 1 aromatic carbocycles. The van der Waals surface area contributed by atoms with Crippen molar-refractivity contribution in [2.45, 2.75) is 58.9 Å². The maximum absolute atomic E-state index is 13.5. The Hall–Kier alpha value is -1.55. The third kappa shape index (κ3) is 3.14. The molecule has 0 aromatic heterocycles. The molecule has 1 aliphatic heterocycles. The number of carbonyl (C=O) groups is 1. The molecular formula is C24H34N2O2. The third-order valence-corrected chi connectivity index (χ3v) is 8.24. The number of piperazine rings is 1. The summed E-state index contributed by atoms with van der Waals surface area (Å²) in [6.45, 7) is 8.40. The summed E-state index contributed by atoms with van der Waals surface area (Å²) in [4.78, 5) is 18.1. The highest BCUT2D eigenvalue weighted by atomic mass is 16.3. The highest BCUT2D eigenvalue weighted by Gasteiger charge is 2.55. The van der Waals surface area contributed by atoms with Gasteiger partial charge >= 0.3 is 0 Å². The highest BCUT2D eigenvalue weighted by Crippen LogP contribution is 2.60. The zero-order valence-electron chi connectivity index (χ0n) is 17.4. The normalized spacial score (nSPS) is 34.8. The molecule has 5 aliphatic rings. The van der Waals surface area contributed by atoms with Gasteiger partial charge in [0, 0.05) is 38.3 Å². The van der Waals surface area contributed by atoms with Gasteiger partial charge in [0.15, 0.2) is 0 Å². The molecular weight excluding hydrogens is 348 g/mol. The van der Waals surface area contributed by atoms with Crippen LogP contribution in [-0.2, 0) is 11.3 Å². The molecule has 4 aliphatic carbocycles. The molecule has 1 amide bonds. The third-order valence-electron chi connectivity index (χ3n) is 8.24. The second-order valence-electron chi connectivity index (χ2n) is 10.3. The monoisotopic (exact) mass is 382 g/mol. The van der Waals surface area contributed by atoms with Gasteiger partial charge in [-0.25, -0.2) is 0 Å². The average Bonchev–Trinajstić information content (AvgIpc) is 2.65. The Balaban J connectivity index is 1.22. The predicted octanol–water partition coefficient (Wildman–Crippen LogP) is 3.87. The van der Waals surface area contributed by atoms with E-state index in [1.165, 1.54) is 24.8 Å². The molecule has 1 saturated heterocycles. The van der Waals surface area contributed by atoms with E-state index in [4.69, 9.17) is 0 Å². The maximum Gasteiger partial charge on any atom is 0.228 e. The topological polar surface area (TPSA) is 43.8 Å². The Morgan fingerprint density at radius 2 is 1.50 bits per heavy atom. The molecule has 5 fully saturated rings.